The monoisotopic (exact) mass is 432 g/mol. The molecule has 1 aliphatic heterocycles. The Kier molecular flexibility index (Phi) is 6.39. The second-order valence-electron chi connectivity index (χ2n) is 6.96. The predicted molar refractivity (Wildman–Crippen MR) is 117 cm³/mol. The summed E-state index contributed by atoms with van der Waals surface area (Å²) in [7, 11) is 0. The van der Waals surface area contributed by atoms with Gasteiger partial charge < -0.3 is 10.1 Å². The highest BCUT2D eigenvalue weighted by Gasteiger charge is 2.21. The summed E-state index contributed by atoms with van der Waals surface area (Å²) >= 11 is 3.08. The van der Waals surface area contributed by atoms with Crippen molar-refractivity contribution in [3.8, 4) is 10.4 Å². The highest BCUT2D eigenvalue weighted by atomic mass is 32.1. The molecular formula is C20H24N4O3S2. The van der Waals surface area contributed by atoms with E-state index < -0.39 is 0 Å². The molecule has 9 heteroatoms. The molecule has 4 heterocycles. The minimum absolute atomic E-state index is 0.0127. The number of morpholine rings is 1. The number of carbonyl (C=O) groups is 1. The van der Waals surface area contributed by atoms with Crippen LogP contribution in [0.5, 0.6) is 0 Å². The quantitative estimate of drug-likeness (QED) is 0.621. The van der Waals surface area contributed by atoms with Crippen LogP contribution in [0.1, 0.15) is 19.2 Å². The highest BCUT2D eigenvalue weighted by Crippen LogP contribution is 2.33. The molecule has 7 nitrogen and oxygen atoms in total. The summed E-state index contributed by atoms with van der Waals surface area (Å²) < 4.78 is 6.97. The maximum atomic E-state index is 13.5. The lowest BCUT2D eigenvalue weighted by Crippen LogP contribution is -2.40. The molecule has 3 aromatic rings. The number of carbonyl (C=O) groups excluding carboxylic acids is 1. The van der Waals surface area contributed by atoms with Crippen molar-refractivity contribution in [1.82, 2.24) is 19.8 Å². The summed E-state index contributed by atoms with van der Waals surface area (Å²) in [6.45, 7) is 6.05. The predicted octanol–water partition coefficient (Wildman–Crippen LogP) is 2.54. The number of hydrogen-bond acceptors (Lipinski definition) is 7. The molecule has 0 saturated carbocycles. The molecule has 1 fully saturated rings. The number of aromatic nitrogens is 2. The Morgan fingerprint density at radius 1 is 1.31 bits per heavy atom. The van der Waals surface area contributed by atoms with Gasteiger partial charge in [0, 0.05) is 35.5 Å². The van der Waals surface area contributed by atoms with Crippen LogP contribution in [0, 0.1) is 0 Å². The number of nitrogens with one attached hydrogen (secondary N) is 1. The lowest BCUT2D eigenvalue weighted by Gasteiger charge is -2.27. The highest BCUT2D eigenvalue weighted by molar-refractivity contribution is 7.18. The average molecular weight is 433 g/mol. The number of ether oxygens (including phenoxy) is 1. The first-order valence-corrected chi connectivity index (χ1v) is 11.5. The Bertz CT molecular complexity index is 1040. The van der Waals surface area contributed by atoms with Gasteiger partial charge in [-0.05, 0) is 17.9 Å². The zero-order valence-electron chi connectivity index (χ0n) is 16.3. The summed E-state index contributed by atoms with van der Waals surface area (Å²) in [5.74, 6) is 0.474. The molecule has 154 valence electrons. The van der Waals surface area contributed by atoms with Crippen LogP contribution in [0.15, 0.2) is 27.7 Å². The van der Waals surface area contributed by atoms with Gasteiger partial charge in [0.1, 0.15) is 17.2 Å². The van der Waals surface area contributed by atoms with Crippen LogP contribution in [0.2, 0.25) is 0 Å². The maximum Gasteiger partial charge on any atom is 0.263 e. The van der Waals surface area contributed by atoms with E-state index in [2.05, 4.69) is 10.2 Å². The van der Waals surface area contributed by atoms with E-state index in [1.165, 1.54) is 11.3 Å². The number of fused-ring (bicyclic) bond motifs is 1. The van der Waals surface area contributed by atoms with Gasteiger partial charge in [-0.1, -0.05) is 13.0 Å². The lowest BCUT2D eigenvalue weighted by atomic mass is 10.2. The second-order valence-corrected chi connectivity index (χ2v) is 8.77. The molecule has 4 rings (SSSR count). The van der Waals surface area contributed by atoms with Crippen LogP contribution in [0.3, 0.4) is 0 Å². The maximum absolute atomic E-state index is 13.5. The first kappa shape index (κ1) is 20.2. The van der Waals surface area contributed by atoms with Crippen LogP contribution in [0.4, 0.5) is 0 Å². The number of amides is 1. The first-order chi connectivity index (χ1) is 14.2. The molecule has 0 aliphatic carbocycles. The van der Waals surface area contributed by atoms with E-state index in [1.54, 1.807) is 15.9 Å². The number of nitrogens with zero attached hydrogens (tertiary/aromatic N) is 3. The van der Waals surface area contributed by atoms with Crippen molar-refractivity contribution < 1.29 is 9.53 Å². The van der Waals surface area contributed by atoms with E-state index in [0.29, 0.717) is 37.5 Å². The van der Waals surface area contributed by atoms with Crippen molar-refractivity contribution in [3.05, 3.63) is 39.1 Å². The van der Waals surface area contributed by atoms with Crippen molar-refractivity contribution in [2.24, 2.45) is 0 Å². The van der Waals surface area contributed by atoms with Crippen molar-refractivity contribution >= 4 is 38.8 Å². The average Bonchev–Trinajstić information content (AvgIpc) is 3.39. The van der Waals surface area contributed by atoms with Crippen LogP contribution in [-0.4, -0.2) is 53.2 Å². The van der Waals surface area contributed by atoms with Crippen LogP contribution in [-0.2, 0) is 22.6 Å². The fourth-order valence-corrected chi connectivity index (χ4v) is 5.16. The third-order valence-corrected chi connectivity index (χ3v) is 6.68. The normalized spacial score (nSPS) is 15.1. The van der Waals surface area contributed by atoms with E-state index in [9.17, 15) is 9.59 Å². The molecule has 1 N–H and O–H groups in total. The van der Waals surface area contributed by atoms with Gasteiger partial charge in [-0.25, -0.2) is 4.98 Å². The largest absolute Gasteiger partial charge is 0.379 e. The summed E-state index contributed by atoms with van der Waals surface area (Å²) in [6.07, 6.45) is 0.853. The topological polar surface area (TPSA) is 76.5 Å². The van der Waals surface area contributed by atoms with Crippen LogP contribution >= 0.6 is 22.7 Å². The van der Waals surface area contributed by atoms with Crippen molar-refractivity contribution in [2.45, 2.75) is 26.4 Å². The molecule has 0 unspecified atom stereocenters. The Morgan fingerprint density at radius 2 is 2.14 bits per heavy atom. The number of rotatable bonds is 7. The fraction of sp³-hybridized carbons (Fsp3) is 0.450. The number of thiophene rings is 2. The Hall–Kier alpha value is -2.07. The fourth-order valence-electron chi connectivity index (χ4n) is 3.39. The lowest BCUT2D eigenvalue weighted by molar-refractivity contribution is -0.121. The summed E-state index contributed by atoms with van der Waals surface area (Å²) in [4.78, 5) is 34.7. The van der Waals surface area contributed by atoms with Gasteiger partial charge in [0.15, 0.2) is 0 Å². The van der Waals surface area contributed by atoms with Gasteiger partial charge >= 0.3 is 0 Å². The summed E-state index contributed by atoms with van der Waals surface area (Å²) in [6, 6.07) is 3.98. The smallest absolute Gasteiger partial charge is 0.263 e. The minimum atomic E-state index is -0.161. The summed E-state index contributed by atoms with van der Waals surface area (Å²) in [5.41, 5.74) is 0.757. The van der Waals surface area contributed by atoms with Gasteiger partial charge in [0.2, 0.25) is 5.91 Å². The van der Waals surface area contributed by atoms with Crippen molar-refractivity contribution in [2.75, 3.05) is 32.8 Å². The zero-order chi connectivity index (χ0) is 20.2. The molecule has 29 heavy (non-hydrogen) atoms. The molecule has 0 radical (unpaired) electrons. The molecular weight excluding hydrogens is 408 g/mol. The van der Waals surface area contributed by atoms with Crippen molar-refractivity contribution in [1.29, 1.82) is 0 Å². The molecule has 0 spiro atoms. The molecule has 0 aromatic carbocycles. The Balaban J connectivity index is 1.76. The van der Waals surface area contributed by atoms with E-state index in [1.807, 2.05) is 29.8 Å². The second kappa shape index (κ2) is 9.17. The van der Waals surface area contributed by atoms with E-state index in [0.717, 1.165) is 34.8 Å². The molecule has 1 aliphatic rings. The third kappa shape index (κ3) is 4.42. The van der Waals surface area contributed by atoms with Gasteiger partial charge in [-0.2, -0.15) is 0 Å². The van der Waals surface area contributed by atoms with E-state index >= 15 is 0 Å². The SMILES string of the molecule is CCCNC(=O)Cn1c(CN2CCOCC2)nc2scc(-c3cccs3)c2c1=O. The number of hydrogen-bond donors (Lipinski definition) is 1. The van der Waals surface area contributed by atoms with Crippen LogP contribution in [0.25, 0.3) is 20.7 Å². The molecule has 0 bridgehead atoms. The van der Waals surface area contributed by atoms with Gasteiger partial charge in [0.05, 0.1) is 25.1 Å². The van der Waals surface area contributed by atoms with Crippen molar-refractivity contribution in [3.63, 3.8) is 0 Å². The molecule has 3 aromatic heterocycles. The van der Waals surface area contributed by atoms with Gasteiger partial charge in [-0.3, -0.25) is 19.1 Å². The van der Waals surface area contributed by atoms with Gasteiger partial charge in [0.25, 0.3) is 5.56 Å². The molecule has 0 atom stereocenters. The zero-order valence-corrected chi connectivity index (χ0v) is 18.0. The Morgan fingerprint density at radius 3 is 2.86 bits per heavy atom. The first-order valence-electron chi connectivity index (χ1n) is 9.79. The third-order valence-electron chi connectivity index (χ3n) is 4.90. The minimum Gasteiger partial charge on any atom is -0.379 e. The molecule has 1 saturated heterocycles. The summed E-state index contributed by atoms with van der Waals surface area (Å²) in [5, 5.41) is 7.46. The van der Waals surface area contributed by atoms with Gasteiger partial charge in [-0.15, -0.1) is 22.7 Å². The molecule has 1 amide bonds. The van der Waals surface area contributed by atoms with E-state index in [-0.39, 0.29) is 18.0 Å². The standard InChI is InChI=1S/C20H24N4O3S2/c1-2-5-21-17(25)12-24-16(11-23-6-8-27-9-7-23)22-19-18(20(24)26)14(13-29-19)15-4-3-10-28-15/h3-4,10,13H,2,5-9,11-12H2,1H3,(H,21,25). The van der Waals surface area contributed by atoms with E-state index in [4.69, 9.17) is 9.72 Å². The van der Waals surface area contributed by atoms with Crippen LogP contribution < -0.4 is 10.9 Å². The Labute approximate surface area is 176 Å².